The Kier molecular flexibility index (Phi) is 3.36. The molecule has 0 atom stereocenters. The lowest BCUT2D eigenvalue weighted by Gasteiger charge is -2.27. The van der Waals surface area contributed by atoms with Gasteiger partial charge in [0.15, 0.2) is 0 Å². The number of nitrogens with zero attached hydrogens (tertiary/aromatic N) is 2. The minimum Gasteiger partial charge on any atom is -0.465 e. The molecule has 18 heavy (non-hydrogen) atoms. The van der Waals surface area contributed by atoms with Crippen LogP contribution in [0.15, 0.2) is 11.3 Å². The van der Waals surface area contributed by atoms with Gasteiger partial charge < -0.3 is 9.64 Å². The molecule has 0 N–H and O–H groups in total. The molecular formula is C12H16N2O4. The van der Waals surface area contributed by atoms with E-state index in [1.165, 1.54) is 7.05 Å². The Labute approximate surface area is 105 Å². The van der Waals surface area contributed by atoms with Gasteiger partial charge in [-0.1, -0.05) is 0 Å². The summed E-state index contributed by atoms with van der Waals surface area (Å²) in [7, 11) is 1.46. The van der Waals surface area contributed by atoms with E-state index < -0.39 is 0 Å². The summed E-state index contributed by atoms with van der Waals surface area (Å²) < 4.78 is 4.87. The zero-order valence-electron chi connectivity index (χ0n) is 10.6. The first kappa shape index (κ1) is 12.6. The maximum Gasteiger partial charge on any atom is 0.325 e. The third-order valence-electron chi connectivity index (χ3n) is 3.15. The largest absolute Gasteiger partial charge is 0.465 e. The molecule has 0 fully saturated rings. The predicted octanol–water partition coefficient (Wildman–Crippen LogP) is -0.102. The lowest BCUT2D eigenvalue weighted by Crippen LogP contribution is -2.37. The summed E-state index contributed by atoms with van der Waals surface area (Å²) in [4.78, 5) is 38.0. The molecule has 6 heteroatoms. The van der Waals surface area contributed by atoms with Crippen LogP contribution in [0, 0.1) is 0 Å². The number of carbonyl (C=O) groups excluding carboxylic acids is 3. The zero-order valence-corrected chi connectivity index (χ0v) is 10.6. The summed E-state index contributed by atoms with van der Waals surface area (Å²) in [5.41, 5.74) is 0.903. The van der Waals surface area contributed by atoms with Gasteiger partial charge in [0, 0.05) is 19.2 Å². The highest BCUT2D eigenvalue weighted by Crippen LogP contribution is 2.30. The second-order valence-corrected chi connectivity index (χ2v) is 4.33. The molecule has 2 amide bonds. The molecule has 2 aliphatic rings. The Hall–Kier alpha value is -1.85. The van der Waals surface area contributed by atoms with Crippen molar-refractivity contribution >= 4 is 17.8 Å². The molecule has 98 valence electrons. The van der Waals surface area contributed by atoms with E-state index >= 15 is 0 Å². The quantitative estimate of drug-likeness (QED) is 0.518. The molecule has 0 saturated carbocycles. The molecule has 0 aromatic carbocycles. The molecular weight excluding hydrogens is 236 g/mol. The Morgan fingerprint density at radius 1 is 1.33 bits per heavy atom. The Morgan fingerprint density at radius 3 is 2.72 bits per heavy atom. The predicted molar refractivity (Wildman–Crippen MR) is 62.2 cm³/mol. The third-order valence-corrected chi connectivity index (χ3v) is 3.15. The van der Waals surface area contributed by atoms with Crippen LogP contribution in [0.25, 0.3) is 0 Å². The number of hydrogen-bond donors (Lipinski definition) is 0. The normalized spacial score (nSPS) is 19.4. The molecule has 2 aliphatic heterocycles. The lowest BCUT2D eigenvalue weighted by molar-refractivity contribution is -0.144. The number of amides is 2. The van der Waals surface area contributed by atoms with Crippen LogP contribution in [0.4, 0.5) is 0 Å². The SMILES string of the molecule is CCOC(=O)CN1CCCC2=C1C(=O)N(C)C2=O. The second kappa shape index (κ2) is 4.80. The van der Waals surface area contributed by atoms with Crippen LogP contribution in [0.1, 0.15) is 19.8 Å². The number of imide groups is 1. The van der Waals surface area contributed by atoms with Gasteiger partial charge in [0.2, 0.25) is 0 Å². The van der Waals surface area contributed by atoms with Crippen LogP contribution in [0.5, 0.6) is 0 Å². The topological polar surface area (TPSA) is 66.9 Å². The zero-order chi connectivity index (χ0) is 13.3. The van der Waals surface area contributed by atoms with Gasteiger partial charge in [-0.2, -0.15) is 0 Å². The summed E-state index contributed by atoms with van der Waals surface area (Å²) in [6, 6.07) is 0. The number of esters is 1. The van der Waals surface area contributed by atoms with Crippen molar-refractivity contribution in [2.45, 2.75) is 19.8 Å². The van der Waals surface area contributed by atoms with Crippen molar-refractivity contribution in [3.8, 4) is 0 Å². The van der Waals surface area contributed by atoms with Crippen molar-refractivity contribution < 1.29 is 19.1 Å². The van der Waals surface area contributed by atoms with Gasteiger partial charge in [-0.3, -0.25) is 19.3 Å². The molecule has 0 aromatic heterocycles. The van der Waals surface area contributed by atoms with Crippen molar-refractivity contribution in [1.82, 2.24) is 9.80 Å². The maximum atomic E-state index is 12.0. The molecule has 0 aromatic rings. The van der Waals surface area contributed by atoms with Crippen LogP contribution >= 0.6 is 0 Å². The van der Waals surface area contributed by atoms with Crippen molar-refractivity contribution in [2.24, 2.45) is 0 Å². The number of carbonyl (C=O) groups is 3. The van der Waals surface area contributed by atoms with Gasteiger partial charge in [0.05, 0.1) is 6.61 Å². The van der Waals surface area contributed by atoms with Crippen molar-refractivity contribution in [1.29, 1.82) is 0 Å². The maximum absolute atomic E-state index is 12.0. The summed E-state index contributed by atoms with van der Waals surface area (Å²) in [6.45, 7) is 2.67. The molecule has 2 heterocycles. The van der Waals surface area contributed by atoms with Gasteiger partial charge >= 0.3 is 5.97 Å². The van der Waals surface area contributed by atoms with Gasteiger partial charge in [-0.15, -0.1) is 0 Å². The van der Waals surface area contributed by atoms with Gasteiger partial charge in [0.25, 0.3) is 11.8 Å². The van der Waals surface area contributed by atoms with Crippen molar-refractivity contribution in [2.75, 3.05) is 26.7 Å². The van der Waals surface area contributed by atoms with E-state index in [1.54, 1.807) is 11.8 Å². The monoisotopic (exact) mass is 252 g/mol. The Balaban J connectivity index is 2.20. The van der Waals surface area contributed by atoms with Crippen LogP contribution in [-0.4, -0.2) is 54.3 Å². The van der Waals surface area contributed by atoms with Crippen LogP contribution in [-0.2, 0) is 19.1 Å². The Bertz CT molecular complexity index is 441. The van der Waals surface area contributed by atoms with E-state index in [4.69, 9.17) is 4.74 Å². The first-order valence-electron chi connectivity index (χ1n) is 6.02. The fraction of sp³-hybridized carbons (Fsp3) is 0.583. The molecule has 0 spiro atoms. The second-order valence-electron chi connectivity index (χ2n) is 4.33. The highest BCUT2D eigenvalue weighted by Gasteiger charge is 2.40. The van der Waals surface area contributed by atoms with E-state index in [9.17, 15) is 14.4 Å². The van der Waals surface area contributed by atoms with E-state index in [2.05, 4.69) is 0 Å². The number of hydrogen-bond acceptors (Lipinski definition) is 5. The average molecular weight is 252 g/mol. The average Bonchev–Trinajstić information content (AvgIpc) is 2.56. The fourth-order valence-corrected chi connectivity index (χ4v) is 2.31. The molecule has 6 nitrogen and oxygen atoms in total. The first-order chi connectivity index (χ1) is 8.56. The van der Waals surface area contributed by atoms with E-state index in [1.807, 2.05) is 0 Å². The first-order valence-corrected chi connectivity index (χ1v) is 6.02. The van der Waals surface area contributed by atoms with Gasteiger partial charge in [-0.25, -0.2) is 0 Å². The number of likely N-dealkylation sites (N-methyl/N-ethyl adjacent to an activating group) is 1. The van der Waals surface area contributed by atoms with E-state index in [0.717, 1.165) is 11.3 Å². The lowest BCUT2D eigenvalue weighted by atomic mass is 10.0. The molecule has 0 bridgehead atoms. The van der Waals surface area contributed by atoms with Gasteiger partial charge in [0.1, 0.15) is 12.2 Å². The number of ether oxygens (including phenoxy) is 1. The smallest absolute Gasteiger partial charge is 0.325 e. The standard InChI is InChI=1S/C12H16N2O4/c1-3-18-9(15)7-14-6-4-5-8-10(14)12(17)13(2)11(8)16/h3-7H2,1-2H3. The summed E-state index contributed by atoms with van der Waals surface area (Å²) in [6.07, 6.45) is 1.37. The van der Waals surface area contributed by atoms with Crippen LogP contribution in [0.3, 0.4) is 0 Å². The Morgan fingerprint density at radius 2 is 2.06 bits per heavy atom. The summed E-state index contributed by atoms with van der Waals surface area (Å²) >= 11 is 0. The van der Waals surface area contributed by atoms with Crippen molar-refractivity contribution in [3.63, 3.8) is 0 Å². The van der Waals surface area contributed by atoms with E-state index in [0.29, 0.717) is 30.8 Å². The minimum atomic E-state index is -0.374. The highest BCUT2D eigenvalue weighted by molar-refractivity contribution is 6.19. The fourth-order valence-electron chi connectivity index (χ4n) is 2.31. The molecule has 0 saturated heterocycles. The molecule has 2 rings (SSSR count). The number of rotatable bonds is 3. The third kappa shape index (κ3) is 1.98. The van der Waals surface area contributed by atoms with E-state index in [-0.39, 0.29) is 24.3 Å². The van der Waals surface area contributed by atoms with Gasteiger partial charge in [-0.05, 0) is 19.8 Å². The molecule has 0 unspecified atom stereocenters. The minimum absolute atomic E-state index is 0.0273. The molecule has 0 aliphatic carbocycles. The summed E-state index contributed by atoms with van der Waals surface area (Å²) in [5.74, 6) is -0.941. The van der Waals surface area contributed by atoms with Crippen LogP contribution in [0.2, 0.25) is 0 Å². The van der Waals surface area contributed by atoms with Crippen molar-refractivity contribution in [3.05, 3.63) is 11.3 Å². The molecule has 0 radical (unpaired) electrons. The summed E-state index contributed by atoms with van der Waals surface area (Å²) in [5, 5.41) is 0. The van der Waals surface area contributed by atoms with Crippen LogP contribution < -0.4 is 0 Å². The highest BCUT2D eigenvalue weighted by atomic mass is 16.5.